The van der Waals surface area contributed by atoms with E-state index in [1.807, 2.05) is 6.92 Å². The molecule has 0 aromatic rings. The molecule has 4 heteroatoms. The summed E-state index contributed by atoms with van der Waals surface area (Å²) in [5.74, 6) is 0. The normalized spacial score (nSPS) is 9.00. The molecule has 4 nitrogen and oxygen atoms in total. The fourth-order valence-electron chi connectivity index (χ4n) is 0.487. The fraction of sp³-hybridized carbons (Fsp3) is 0.833. The molecule has 0 saturated heterocycles. The van der Waals surface area contributed by atoms with Gasteiger partial charge in [-0.05, 0) is 6.42 Å². The van der Waals surface area contributed by atoms with Crippen LogP contribution in [-0.2, 0) is 0 Å². The van der Waals surface area contributed by atoms with Gasteiger partial charge >= 0.3 is 6.03 Å². The van der Waals surface area contributed by atoms with E-state index in [-0.39, 0.29) is 6.03 Å². The first-order valence-corrected chi connectivity index (χ1v) is 3.53. The minimum atomic E-state index is -0.132. The molecule has 10 heavy (non-hydrogen) atoms. The Kier molecular flexibility index (Phi) is 5.86. The van der Waals surface area contributed by atoms with Gasteiger partial charge in [0.1, 0.15) is 0 Å². The predicted octanol–water partition coefficient (Wildman–Crippen LogP) is -0.346. The van der Waals surface area contributed by atoms with Gasteiger partial charge < -0.3 is 16.4 Å². The van der Waals surface area contributed by atoms with E-state index in [1.54, 1.807) is 0 Å². The van der Waals surface area contributed by atoms with E-state index in [1.165, 1.54) is 0 Å². The second-order valence-electron chi connectivity index (χ2n) is 1.97. The highest BCUT2D eigenvalue weighted by Gasteiger charge is 1.93. The molecule has 4 N–H and O–H groups in total. The summed E-state index contributed by atoms with van der Waals surface area (Å²) in [6.07, 6.45) is 0.954. The van der Waals surface area contributed by atoms with E-state index < -0.39 is 0 Å². The lowest BCUT2D eigenvalue weighted by Crippen LogP contribution is -2.38. The Morgan fingerprint density at radius 2 is 2.00 bits per heavy atom. The molecule has 0 aliphatic heterocycles. The fourth-order valence-corrected chi connectivity index (χ4v) is 0.487. The molecule has 0 aromatic carbocycles. The highest BCUT2D eigenvalue weighted by atomic mass is 16.2. The Balaban J connectivity index is 3.09. The summed E-state index contributed by atoms with van der Waals surface area (Å²) in [7, 11) is 0. The SMILES string of the molecule is CCCNC(=O)NCCN. The molecule has 0 aliphatic rings. The van der Waals surface area contributed by atoms with Gasteiger partial charge in [-0.25, -0.2) is 4.79 Å². The number of urea groups is 1. The van der Waals surface area contributed by atoms with Crippen LogP contribution in [0.2, 0.25) is 0 Å². The third kappa shape index (κ3) is 5.37. The van der Waals surface area contributed by atoms with Crippen LogP contribution in [0.15, 0.2) is 0 Å². The van der Waals surface area contributed by atoms with E-state index in [0.717, 1.165) is 13.0 Å². The zero-order valence-corrected chi connectivity index (χ0v) is 6.31. The highest BCUT2D eigenvalue weighted by Crippen LogP contribution is 1.69. The van der Waals surface area contributed by atoms with Crippen LogP contribution in [0.1, 0.15) is 13.3 Å². The summed E-state index contributed by atoms with van der Waals surface area (Å²) in [6, 6.07) is -0.132. The Labute approximate surface area is 61.2 Å². The molecule has 0 atom stereocenters. The molecule has 0 rings (SSSR count). The van der Waals surface area contributed by atoms with E-state index in [9.17, 15) is 4.79 Å². The zero-order valence-electron chi connectivity index (χ0n) is 6.31. The van der Waals surface area contributed by atoms with Crippen molar-refractivity contribution in [1.82, 2.24) is 10.6 Å². The number of rotatable bonds is 4. The molecule has 0 fully saturated rings. The first kappa shape index (κ1) is 9.23. The Morgan fingerprint density at radius 1 is 1.40 bits per heavy atom. The summed E-state index contributed by atoms with van der Waals surface area (Å²) in [5, 5.41) is 5.25. The zero-order chi connectivity index (χ0) is 7.82. The molecule has 2 amide bonds. The smallest absolute Gasteiger partial charge is 0.314 e. The van der Waals surface area contributed by atoms with Gasteiger partial charge in [-0.15, -0.1) is 0 Å². The lowest BCUT2D eigenvalue weighted by Gasteiger charge is -2.03. The first-order valence-electron chi connectivity index (χ1n) is 3.53. The topological polar surface area (TPSA) is 67.2 Å². The minimum absolute atomic E-state index is 0.132. The monoisotopic (exact) mass is 145 g/mol. The quantitative estimate of drug-likeness (QED) is 0.506. The van der Waals surface area contributed by atoms with Crippen LogP contribution < -0.4 is 16.4 Å². The van der Waals surface area contributed by atoms with Crippen molar-refractivity contribution in [3.63, 3.8) is 0 Å². The van der Waals surface area contributed by atoms with E-state index in [0.29, 0.717) is 13.1 Å². The Bertz CT molecular complexity index is 85.0. The number of hydrogen-bond donors (Lipinski definition) is 3. The van der Waals surface area contributed by atoms with Crippen LogP contribution in [0.4, 0.5) is 4.79 Å². The molecule has 0 saturated carbocycles. The van der Waals surface area contributed by atoms with Gasteiger partial charge in [-0.3, -0.25) is 0 Å². The number of nitrogens with two attached hydrogens (primary N) is 1. The third-order valence-corrected chi connectivity index (χ3v) is 0.965. The molecule has 60 valence electrons. The van der Waals surface area contributed by atoms with Crippen molar-refractivity contribution in [2.45, 2.75) is 13.3 Å². The van der Waals surface area contributed by atoms with E-state index >= 15 is 0 Å². The van der Waals surface area contributed by atoms with Gasteiger partial charge in [0.25, 0.3) is 0 Å². The average molecular weight is 145 g/mol. The lowest BCUT2D eigenvalue weighted by molar-refractivity contribution is 0.241. The number of nitrogens with one attached hydrogen (secondary N) is 2. The van der Waals surface area contributed by atoms with Crippen LogP contribution in [-0.4, -0.2) is 25.7 Å². The second-order valence-corrected chi connectivity index (χ2v) is 1.97. The van der Waals surface area contributed by atoms with Gasteiger partial charge in [0, 0.05) is 19.6 Å². The molecule has 0 heterocycles. The number of carbonyl (C=O) groups is 1. The van der Waals surface area contributed by atoms with Crippen molar-refractivity contribution < 1.29 is 4.79 Å². The predicted molar refractivity (Wildman–Crippen MR) is 40.7 cm³/mol. The highest BCUT2D eigenvalue weighted by molar-refractivity contribution is 5.73. The molecular weight excluding hydrogens is 130 g/mol. The van der Waals surface area contributed by atoms with Gasteiger partial charge in [-0.2, -0.15) is 0 Å². The Morgan fingerprint density at radius 3 is 2.50 bits per heavy atom. The number of hydrogen-bond acceptors (Lipinski definition) is 2. The van der Waals surface area contributed by atoms with Crippen LogP contribution in [0.25, 0.3) is 0 Å². The number of carbonyl (C=O) groups excluding carboxylic acids is 1. The van der Waals surface area contributed by atoms with Crippen molar-refractivity contribution in [3.8, 4) is 0 Å². The van der Waals surface area contributed by atoms with Crippen LogP contribution in [0.3, 0.4) is 0 Å². The van der Waals surface area contributed by atoms with Gasteiger partial charge in [-0.1, -0.05) is 6.92 Å². The molecule has 0 aliphatic carbocycles. The lowest BCUT2D eigenvalue weighted by atomic mass is 10.5. The molecule has 0 aromatic heterocycles. The van der Waals surface area contributed by atoms with Crippen molar-refractivity contribution >= 4 is 6.03 Å². The summed E-state index contributed by atoms with van der Waals surface area (Å²) < 4.78 is 0. The maximum Gasteiger partial charge on any atom is 0.314 e. The average Bonchev–Trinajstić information content (AvgIpc) is 1.97. The van der Waals surface area contributed by atoms with Gasteiger partial charge in [0.05, 0.1) is 0 Å². The second kappa shape index (κ2) is 6.35. The summed E-state index contributed by atoms with van der Waals surface area (Å²) in [6.45, 7) is 3.74. The van der Waals surface area contributed by atoms with Crippen LogP contribution >= 0.6 is 0 Å². The van der Waals surface area contributed by atoms with Gasteiger partial charge in [0.2, 0.25) is 0 Å². The molecule has 0 radical (unpaired) electrons. The van der Waals surface area contributed by atoms with Crippen LogP contribution in [0.5, 0.6) is 0 Å². The molecule has 0 spiro atoms. The standard InChI is InChI=1S/C6H15N3O/c1-2-4-8-6(10)9-5-3-7/h2-5,7H2,1H3,(H2,8,9,10). The summed E-state index contributed by atoms with van der Waals surface area (Å²) >= 11 is 0. The third-order valence-electron chi connectivity index (χ3n) is 0.965. The van der Waals surface area contributed by atoms with Gasteiger partial charge in [0.15, 0.2) is 0 Å². The largest absolute Gasteiger partial charge is 0.338 e. The molecule has 0 bridgehead atoms. The van der Waals surface area contributed by atoms with Crippen molar-refractivity contribution in [2.75, 3.05) is 19.6 Å². The summed E-state index contributed by atoms with van der Waals surface area (Å²) in [4.78, 5) is 10.7. The minimum Gasteiger partial charge on any atom is -0.338 e. The van der Waals surface area contributed by atoms with E-state index in [2.05, 4.69) is 10.6 Å². The maximum absolute atomic E-state index is 10.7. The summed E-state index contributed by atoms with van der Waals surface area (Å²) in [5.41, 5.74) is 5.16. The van der Waals surface area contributed by atoms with Crippen molar-refractivity contribution in [3.05, 3.63) is 0 Å². The van der Waals surface area contributed by atoms with Crippen molar-refractivity contribution in [2.24, 2.45) is 5.73 Å². The molecule has 0 unspecified atom stereocenters. The molecular formula is C6H15N3O. The number of amides is 2. The van der Waals surface area contributed by atoms with Crippen molar-refractivity contribution in [1.29, 1.82) is 0 Å². The maximum atomic E-state index is 10.7. The van der Waals surface area contributed by atoms with Crippen LogP contribution in [0, 0.1) is 0 Å². The Hall–Kier alpha value is -0.770. The van der Waals surface area contributed by atoms with E-state index in [4.69, 9.17) is 5.73 Å². The first-order chi connectivity index (χ1) is 4.81.